The number of hydrogen-bond donors (Lipinski definition) is 1. The van der Waals surface area contributed by atoms with E-state index in [0.717, 1.165) is 28.9 Å². The van der Waals surface area contributed by atoms with Crippen LogP contribution in [-0.2, 0) is 0 Å². The molecule has 0 unspecified atom stereocenters. The van der Waals surface area contributed by atoms with Crippen LogP contribution in [0, 0.1) is 6.92 Å². The fourth-order valence-electron chi connectivity index (χ4n) is 2.11. The molecule has 2 aromatic heterocycles. The summed E-state index contributed by atoms with van der Waals surface area (Å²) in [6, 6.07) is 11.5. The predicted molar refractivity (Wildman–Crippen MR) is 82.7 cm³/mol. The molecule has 2 heterocycles. The molecule has 21 heavy (non-hydrogen) atoms. The van der Waals surface area contributed by atoms with Gasteiger partial charge in [-0.05, 0) is 38.1 Å². The Labute approximate surface area is 123 Å². The molecule has 0 aliphatic rings. The van der Waals surface area contributed by atoms with E-state index >= 15 is 0 Å². The molecule has 0 spiro atoms. The van der Waals surface area contributed by atoms with Crippen molar-refractivity contribution in [2.24, 2.45) is 0 Å². The molecule has 0 saturated heterocycles. The maximum atomic E-state index is 5.93. The van der Waals surface area contributed by atoms with Crippen LogP contribution in [0.4, 0.5) is 5.95 Å². The maximum Gasteiger partial charge on any atom is 0.226 e. The monoisotopic (exact) mass is 280 g/mol. The Balaban J connectivity index is 1.98. The van der Waals surface area contributed by atoms with E-state index < -0.39 is 0 Å². The minimum absolute atomic E-state index is 0.523. The highest BCUT2D eigenvalue weighted by atomic mass is 16.5. The second-order valence-corrected chi connectivity index (χ2v) is 4.63. The predicted octanol–water partition coefficient (Wildman–Crippen LogP) is 3.56. The van der Waals surface area contributed by atoms with Gasteiger partial charge in [0.1, 0.15) is 5.75 Å². The van der Waals surface area contributed by atoms with Crippen molar-refractivity contribution in [1.82, 2.24) is 15.0 Å². The van der Waals surface area contributed by atoms with Gasteiger partial charge < -0.3 is 10.1 Å². The first-order valence-electron chi connectivity index (χ1n) is 6.87. The molecule has 0 aliphatic heterocycles. The summed E-state index contributed by atoms with van der Waals surface area (Å²) in [4.78, 5) is 13.0. The lowest BCUT2D eigenvalue weighted by Gasteiger charge is -2.10. The van der Waals surface area contributed by atoms with E-state index in [1.165, 1.54) is 0 Å². The number of anilines is 1. The van der Waals surface area contributed by atoms with E-state index in [1.54, 1.807) is 6.20 Å². The zero-order valence-corrected chi connectivity index (χ0v) is 12.0. The number of aromatic nitrogens is 3. The highest BCUT2D eigenvalue weighted by Gasteiger charge is 2.07. The van der Waals surface area contributed by atoms with Crippen LogP contribution in [0.1, 0.15) is 12.6 Å². The molecule has 5 nitrogen and oxygen atoms in total. The van der Waals surface area contributed by atoms with Crippen LogP contribution in [0.5, 0.6) is 11.6 Å². The van der Waals surface area contributed by atoms with Crippen molar-refractivity contribution in [2.75, 3.05) is 11.9 Å². The third kappa shape index (κ3) is 2.91. The molecule has 5 heteroatoms. The van der Waals surface area contributed by atoms with E-state index in [-0.39, 0.29) is 0 Å². The van der Waals surface area contributed by atoms with Crippen LogP contribution in [-0.4, -0.2) is 21.5 Å². The lowest BCUT2D eigenvalue weighted by molar-refractivity contribution is 0.467. The van der Waals surface area contributed by atoms with Crippen molar-refractivity contribution < 1.29 is 4.74 Å². The molecular weight excluding hydrogens is 264 g/mol. The third-order valence-electron chi connectivity index (χ3n) is 2.99. The first kappa shape index (κ1) is 13.3. The Morgan fingerprint density at radius 3 is 2.90 bits per heavy atom. The first-order valence-corrected chi connectivity index (χ1v) is 6.87. The van der Waals surface area contributed by atoms with Crippen LogP contribution in [0.2, 0.25) is 0 Å². The van der Waals surface area contributed by atoms with Gasteiger partial charge in [0.2, 0.25) is 11.8 Å². The van der Waals surface area contributed by atoms with E-state index in [0.29, 0.717) is 11.8 Å². The van der Waals surface area contributed by atoms with E-state index in [1.807, 2.05) is 50.2 Å². The molecule has 0 fully saturated rings. The van der Waals surface area contributed by atoms with Crippen LogP contribution in [0.3, 0.4) is 0 Å². The summed E-state index contributed by atoms with van der Waals surface area (Å²) in [6.07, 6.45) is 1.77. The normalized spacial score (nSPS) is 10.6. The number of fused-ring (bicyclic) bond motifs is 1. The van der Waals surface area contributed by atoms with Crippen molar-refractivity contribution in [1.29, 1.82) is 0 Å². The van der Waals surface area contributed by atoms with Gasteiger partial charge in [0.25, 0.3) is 0 Å². The zero-order valence-electron chi connectivity index (χ0n) is 12.0. The number of ether oxygens (including phenoxy) is 1. The number of nitrogens with one attached hydrogen (secondary N) is 1. The van der Waals surface area contributed by atoms with E-state index in [2.05, 4.69) is 20.3 Å². The first-order chi connectivity index (χ1) is 10.3. The number of benzene rings is 1. The quantitative estimate of drug-likeness (QED) is 0.791. The summed E-state index contributed by atoms with van der Waals surface area (Å²) >= 11 is 0. The van der Waals surface area contributed by atoms with Gasteiger partial charge in [0, 0.05) is 29.9 Å². The molecule has 3 rings (SSSR count). The van der Waals surface area contributed by atoms with Crippen molar-refractivity contribution in [3.05, 3.63) is 48.3 Å². The number of nitrogens with zero attached hydrogens (tertiary/aromatic N) is 3. The van der Waals surface area contributed by atoms with Gasteiger partial charge in [-0.3, -0.25) is 4.98 Å². The summed E-state index contributed by atoms with van der Waals surface area (Å²) in [5.74, 6) is 1.84. The maximum absolute atomic E-state index is 5.93. The lowest BCUT2D eigenvalue weighted by atomic mass is 10.2. The van der Waals surface area contributed by atoms with Crippen LogP contribution in [0.15, 0.2) is 42.6 Å². The highest BCUT2D eigenvalue weighted by molar-refractivity contribution is 5.85. The summed E-state index contributed by atoms with van der Waals surface area (Å²) in [5, 5.41) is 4.06. The minimum atomic E-state index is 0.523. The van der Waals surface area contributed by atoms with Crippen molar-refractivity contribution in [3.8, 4) is 11.6 Å². The van der Waals surface area contributed by atoms with Gasteiger partial charge in [-0.2, -0.15) is 4.98 Å². The zero-order chi connectivity index (χ0) is 14.7. The van der Waals surface area contributed by atoms with Gasteiger partial charge in [0.05, 0.1) is 5.52 Å². The molecule has 1 aromatic carbocycles. The van der Waals surface area contributed by atoms with E-state index in [9.17, 15) is 0 Å². The Morgan fingerprint density at radius 1 is 1.14 bits per heavy atom. The van der Waals surface area contributed by atoms with Gasteiger partial charge in [0.15, 0.2) is 0 Å². The van der Waals surface area contributed by atoms with Crippen LogP contribution >= 0.6 is 0 Å². The van der Waals surface area contributed by atoms with Crippen molar-refractivity contribution in [2.45, 2.75) is 13.8 Å². The molecule has 106 valence electrons. The minimum Gasteiger partial charge on any atom is -0.438 e. The standard InChI is InChI=1S/C16H16N4O/c1-3-17-16-19-11(2)10-15(20-16)21-14-8-4-7-13-12(14)6-5-9-18-13/h4-10H,3H2,1-2H3,(H,17,19,20). The molecular formula is C16H16N4O. The van der Waals surface area contributed by atoms with Gasteiger partial charge in [-0.1, -0.05) is 6.07 Å². The summed E-state index contributed by atoms with van der Waals surface area (Å²) in [7, 11) is 0. The highest BCUT2D eigenvalue weighted by Crippen LogP contribution is 2.28. The van der Waals surface area contributed by atoms with Crippen molar-refractivity contribution >= 4 is 16.9 Å². The topological polar surface area (TPSA) is 59.9 Å². The molecule has 0 atom stereocenters. The van der Waals surface area contributed by atoms with Crippen molar-refractivity contribution in [3.63, 3.8) is 0 Å². The Hall–Kier alpha value is -2.69. The molecule has 0 aliphatic carbocycles. The molecule has 3 aromatic rings. The summed E-state index contributed by atoms with van der Waals surface area (Å²) < 4.78 is 5.93. The Bertz CT molecular complexity index is 768. The lowest BCUT2D eigenvalue weighted by Crippen LogP contribution is -2.04. The number of pyridine rings is 1. The van der Waals surface area contributed by atoms with E-state index in [4.69, 9.17) is 4.74 Å². The molecule has 1 N–H and O–H groups in total. The molecule has 0 radical (unpaired) electrons. The fraction of sp³-hybridized carbons (Fsp3) is 0.188. The largest absolute Gasteiger partial charge is 0.438 e. The second kappa shape index (κ2) is 5.75. The SMILES string of the molecule is CCNc1nc(C)cc(Oc2cccc3ncccc23)n1. The third-order valence-corrected chi connectivity index (χ3v) is 2.99. The fourth-order valence-corrected chi connectivity index (χ4v) is 2.11. The second-order valence-electron chi connectivity index (χ2n) is 4.63. The van der Waals surface area contributed by atoms with Gasteiger partial charge >= 0.3 is 0 Å². The Morgan fingerprint density at radius 2 is 2.05 bits per heavy atom. The smallest absolute Gasteiger partial charge is 0.226 e. The summed E-state index contributed by atoms with van der Waals surface area (Å²) in [6.45, 7) is 4.68. The number of hydrogen-bond acceptors (Lipinski definition) is 5. The molecule has 0 saturated carbocycles. The van der Waals surface area contributed by atoms with Crippen LogP contribution in [0.25, 0.3) is 10.9 Å². The molecule has 0 bridgehead atoms. The van der Waals surface area contributed by atoms with Gasteiger partial charge in [-0.25, -0.2) is 4.98 Å². The Kier molecular flexibility index (Phi) is 3.64. The molecule has 0 amide bonds. The summed E-state index contributed by atoms with van der Waals surface area (Å²) in [5.41, 5.74) is 1.75. The number of rotatable bonds is 4. The number of aryl methyl sites for hydroxylation is 1. The van der Waals surface area contributed by atoms with Gasteiger partial charge in [-0.15, -0.1) is 0 Å². The average molecular weight is 280 g/mol. The van der Waals surface area contributed by atoms with Crippen LogP contribution < -0.4 is 10.1 Å². The average Bonchev–Trinajstić information content (AvgIpc) is 2.47.